The molecule has 2 aliphatic rings. The molecule has 2 fully saturated rings. The largest absolute Gasteiger partial charge is 0.314 e. The van der Waals surface area contributed by atoms with Gasteiger partial charge in [0.1, 0.15) is 0 Å². The van der Waals surface area contributed by atoms with Gasteiger partial charge in [-0.2, -0.15) is 4.99 Å². The van der Waals surface area contributed by atoms with E-state index in [4.69, 9.17) is 23.2 Å². The van der Waals surface area contributed by atoms with Gasteiger partial charge in [-0.3, -0.25) is 4.79 Å². The van der Waals surface area contributed by atoms with Crippen molar-refractivity contribution < 1.29 is 13.2 Å². The molecule has 0 unspecified atom stereocenters. The van der Waals surface area contributed by atoms with E-state index in [2.05, 4.69) is 4.99 Å². The molecular formula is C16H18Cl2N2O3S2. The summed E-state index contributed by atoms with van der Waals surface area (Å²) in [6, 6.07) is 4.77. The van der Waals surface area contributed by atoms with Gasteiger partial charge in [-0.1, -0.05) is 48.3 Å². The Labute approximate surface area is 161 Å². The van der Waals surface area contributed by atoms with Crippen LogP contribution in [0.4, 0.5) is 5.69 Å². The first-order chi connectivity index (χ1) is 11.8. The normalized spacial score (nSPS) is 26.2. The van der Waals surface area contributed by atoms with E-state index < -0.39 is 9.84 Å². The standard InChI is InChI=1S/C16H18Cl2N2O3S2/c1-2-3-4-15(21)19-16-20(12-6-5-10(17)7-11(12)18)13-8-25(22,23)9-14(13)24-16/h5-7,13-14H,2-4,8-9H2,1H3/t13-,14+/m0/s1. The number of hydrogen-bond acceptors (Lipinski definition) is 4. The summed E-state index contributed by atoms with van der Waals surface area (Å²) in [5.41, 5.74) is 0.630. The van der Waals surface area contributed by atoms with E-state index in [-0.39, 0.29) is 28.7 Å². The molecule has 0 radical (unpaired) electrons. The van der Waals surface area contributed by atoms with E-state index in [9.17, 15) is 13.2 Å². The molecule has 2 heterocycles. The molecule has 9 heteroatoms. The van der Waals surface area contributed by atoms with Gasteiger partial charge in [-0.15, -0.1) is 0 Å². The number of aliphatic imine (C=N–C) groups is 1. The number of rotatable bonds is 4. The van der Waals surface area contributed by atoms with Crippen molar-refractivity contribution in [2.45, 2.75) is 37.5 Å². The number of carbonyl (C=O) groups is 1. The fraction of sp³-hybridized carbons (Fsp3) is 0.500. The first-order valence-corrected chi connectivity index (χ1v) is 11.5. The number of anilines is 1. The summed E-state index contributed by atoms with van der Waals surface area (Å²) < 4.78 is 24.1. The maximum Gasteiger partial charge on any atom is 0.248 e. The Morgan fingerprint density at radius 1 is 1.36 bits per heavy atom. The highest BCUT2D eigenvalue weighted by Gasteiger charge is 2.49. The van der Waals surface area contributed by atoms with Crippen molar-refractivity contribution in [1.82, 2.24) is 0 Å². The number of amides is 1. The van der Waals surface area contributed by atoms with Crippen LogP contribution >= 0.6 is 35.0 Å². The Hall–Kier alpha value is -0.760. The zero-order chi connectivity index (χ0) is 18.2. The summed E-state index contributed by atoms with van der Waals surface area (Å²) >= 11 is 13.6. The Bertz CT molecular complexity index is 827. The molecule has 0 aliphatic carbocycles. The lowest BCUT2D eigenvalue weighted by Gasteiger charge is -2.25. The van der Waals surface area contributed by atoms with Gasteiger partial charge in [0.05, 0.1) is 28.3 Å². The van der Waals surface area contributed by atoms with Crippen LogP contribution in [0, 0.1) is 0 Å². The zero-order valence-electron chi connectivity index (χ0n) is 13.6. The number of amidine groups is 1. The van der Waals surface area contributed by atoms with Gasteiger partial charge >= 0.3 is 0 Å². The Kier molecular flexibility index (Phi) is 5.68. The van der Waals surface area contributed by atoms with Crippen LogP contribution in [0.25, 0.3) is 0 Å². The van der Waals surface area contributed by atoms with E-state index in [0.717, 1.165) is 12.8 Å². The van der Waals surface area contributed by atoms with Crippen molar-refractivity contribution in [3.63, 3.8) is 0 Å². The molecule has 5 nitrogen and oxygen atoms in total. The van der Waals surface area contributed by atoms with Crippen molar-refractivity contribution in [1.29, 1.82) is 0 Å². The lowest BCUT2D eigenvalue weighted by atomic mass is 10.2. The van der Waals surface area contributed by atoms with Gasteiger partial charge in [0.25, 0.3) is 0 Å². The minimum absolute atomic E-state index is 0.0335. The van der Waals surface area contributed by atoms with Gasteiger partial charge in [0.15, 0.2) is 15.0 Å². The fourth-order valence-corrected chi connectivity index (χ4v) is 7.44. The first kappa shape index (κ1) is 19.0. The van der Waals surface area contributed by atoms with Gasteiger partial charge in [0.2, 0.25) is 5.91 Å². The van der Waals surface area contributed by atoms with Crippen LogP contribution < -0.4 is 4.90 Å². The summed E-state index contributed by atoms with van der Waals surface area (Å²) in [6.45, 7) is 2.01. The molecule has 2 aliphatic heterocycles. The lowest BCUT2D eigenvalue weighted by molar-refractivity contribution is -0.117. The van der Waals surface area contributed by atoms with Gasteiger partial charge in [-0.05, 0) is 24.6 Å². The smallest absolute Gasteiger partial charge is 0.248 e. The minimum atomic E-state index is -3.11. The number of benzene rings is 1. The molecule has 0 bridgehead atoms. The Balaban J connectivity index is 1.98. The third-order valence-corrected chi connectivity index (χ3v) is 7.95. The summed E-state index contributed by atoms with van der Waals surface area (Å²) in [6.07, 6.45) is 2.08. The average molecular weight is 421 g/mol. The summed E-state index contributed by atoms with van der Waals surface area (Å²) in [7, 11) is -3.11. The summed E-state index contributed by atoms with van der Waals surface area (Å²) in [5.74, 6) is -0.0693. The van der Waals surface area contributed by atoms with Gasteiger partial charge < -0.3 is 4.90 Å². The second-order valence-electron chi connectivity index (χ2n) is 6.16. The van der Waals surface area contributed by atoms with E-state index in [1.165, 1.54) is 11.8 Å². The average Bonchev–Trinajstić information content (AvgIpc) is 2.97. The summed E-state index contributed by atoms with van der Waals surface area (Å²) in [5, 5.41) is 1.28. The predicted molar refractivity (Wildman–Crippen MR) is 105 cm³/mol. The third kappa shape index (κ3) is 4.15. The molecule has 0 N–H and O–H groups in total. The van der Waals surface area contributed by atoms with Crippen LogP contribution in [0.5, 0.6) is 0 Å². The minimum Gasteiger partial charge on any atom is -0.314 e. The van der Waals surface area contributed by atoms with E-state index >= 15 is 0 Å². The van der Waals surface area contributed by atoms with Crippen molar-refractivity contribution in [3.8, 4) is 0 Å². The summed E-state index contributed by atoms with van der Waals surface area (Å²) in [4.78, 5) is 18.2. The predicted octanol–water partition coefficient (Wildman–Crippen LogP) is 3.79. The van der Waals surface area contributed by atoms with Crippen LogP contribution in [-0.2, 0) is 14.6 Å². The number of hydrogen-bond donors (Lipinski definition) is 0. The molecule has 1 aromatic carbocycles. The Morgan fingerprint density at radius 3 is 2.80 bits per heavy atom. The number of halogens is 2. The maximum atomic E-state index is 12.1. The molecule has 2 atom stereocenters. The van der Waals surface area contributed by atoms with E-state index in [1.54, 1.807) is 23.1 Å². The molecule has 3 rings (SSSR count). The molecule has 25 heavy (non-hydrogen) atoms. The maximum absolute atomic E-state index is 12.1. The van der Waals surface area contributed by atoms with Gasteiger partial charge in [-0.25, -0.2) is 8.42 Å². The SMILES string of the molecule is CCCCC(=O)N=C1S[C@@H]2CS(=O)(=O)C[C@@H]2N1c1ccc(Cl)cc1Cl. The van der Waals surface area contributed by atoms with E-state index in [1.807, 2.05) is 6.92 Å². The number of nitrogens with zero attached hydrogens (tertiary/aromatic N) is 2. The van der Waals surface area contributed by atoms with Crippen molar-refractivity contribution in [2.75, 3.05) is 16.4 Å². The zero-order valence-corrected chi connectivity index (χ0v) is 16.8. The fourth-order valence-electron chi connectivity index (χ4n) is 3.01. The highest BCUT2D eigenvalue weighted by molar-refractivity contribution is 8.16. The molecule has 1 aromatic rings. The molecule has 136 valence electrons. The highest BCUT2D eigenvalue weighted by Crippen LogP contribution is 2.43. The number of carbonyl (C=O) groups excluding carboxylic acids is 1. The molecule has 0 aromatic heterocycles. The number of thioether (sulfide) groups is 1. The number of fused-ring (bicyclic) bond motifs is 1. The van der Waals surface area contributed by atoms with E-state index in [0.29, 0.717) is 27.3 Å². The topological polar surface area (TPSA) is 66.8 Å². The van der Waals surface area contributed by atoms with Crippen molar-refractivity contribution in [3.05, 3.63) is 28.2 Å². The lowest BCUT2D eigenvalue weighted by Crippen LogP contribution is -2.37. The number of sulfone groups is 1. The molecule has 0 saturated carbocycles. The van der Waals surface area contributed by atoms with Crippen LogP contribution in [0.1, 0.15) is 26.2 Å². The van der Waals surface area contributed by atoms with Crippen LogP contribution in [-0.4, -0.2) is 42.3 Å². The molecule has 0 spiro atoms. The Morgan fingerprint density at radius 2 is 2.12 bits per heavy atom. The van der Waals surface area contributed by atoms with Crippen LogP contribution in [0.3, 0.4) is 0 Å². The van der Waals surface area contributed by atoms with Crippen molar-refractivity contribution >= 4 is 61.6 Å². The van der Waals surface area contributed by atoms with Gasteiger partial charge in [0, 0.05) is 16.7 Å². The monoisotopic (exact) mass is 420 g/mol. The number of unbranched alkanes of at least 4 members (excludes halogenated alkanes) is 1. The van der Waals surface area contributed by atoms with Crippen molar-refractivity contribution in [2.24, 2.45) is 4.99 Å². The molecule has 2 saturated heterocycles. The quantitative estimate of drug-likeness (QED) is 0.740. The third-order valence-electron chi connectivity index (χ3n) is 4.20. The highest BCUT2D eigenvalue weighted by atomic mass is 35.5. The second-order valence-corrected chi connectivity index (χ2v) is 10.4. The molecular weight excluding hydrogens is 403 g/mol. The first-order valence-electron chi connectivity index (χ1n) is 8.03. The van der Waals surface area contributed by atoms with Crippen LogP contribution in [0.15, 0.2) is 23.2 Å². The van der Waals surface area contributed by atoms with Crippen LogP contribution in [0.2, 0.25) is 10.0 Å². The second kappa shape index (κ2) is 7.47. The molecule has 1 amide bonds.